The minimum Gasteiger partial charge on any atom is -0.506 e. The molecule has 0 amide bonds. The third-order valence-electron chi connectivity index (χ3n) is 5.06. The van der Waals surface area contributed by atoms with E-state index < -0.39 is 0 Å². The molecule has 0 aromatic heterocycles. The molecule has 0 aliphatic carbocycles. The second-order valence-electron chi connectivity index (χ2n) is 6.52. The van der Waals surface area contributed by atoms with Gasteiger partial charge in [0, 0.05) is 32.3 Å². The predicted molar refractivity (Wildman–Crippen MR) is 125 cm³/mol. The molecular weight excluding hydrogens is 624 g/mol. The average Bonchev–Trinajstić information content (AvgIpc) is 2.64. The van der Waals surface area contributed by atoms with Gasteiger partial charge in [-0.15, -0.1) is 0 Å². The molecule has 5 aromatic rings. The Morgan fingerprint density at radius 1 is 0.393 bits per heavy atom. The normalized spacial score (nSPS) is 12.1. The molecule has 5 aromatic carbocycles. The number of halogens is 4. The van der Waals surface area contributed by atoms with Crippen LogP contribution in [-0.4, -0.2) is 20.4 Å². The summed E-state index contributed by atoms with van der Waals surface area (Å²) in [7, 11) is 0. The zero-order valence-electron chi connectivity index (χ0n) is 13.6. The largest absolute Gasteiger partial charge is 0.506 e. The summed E-state index contributed by atoms with van der Waals surface area (Å²) in [5.41, 5.74) is 0. The Balaban J connectivity index is 2.38. The lowest BCUT2D eigenvalue weighted by Gasteiger charge is -2.20. The van der Waals surface area contributed by atoms with Crippen LogP contribution < -0.4 is 0 Å². The number of hydrogen-bond donors (Lipinski definition) is 4. The van der Waals surface area contributed by atoms with Gasteiger partial charge >= 0.3 is 0 Å². The summed E-state index contributed by atoms with van der Waals surface area (Å²) in [5, 5.41) is 47.6. The van der Waals surface area contributed by atoms with Gasteiger partial charge in [-0.05, 0) is 98.8 Å². The van der Waals surface area contributed by atoms with Crippen molar-refractivity contribution < 1.29 is 20.4 Å². The molecule has 0 saturated heterocycles. The van der Waals surface area contributed by atoms with E-state index in [0.717, 1.165) is 10.8 Å². The van der Waals surface area contributed by atoms with Gasteiger partial charge in [0.15, 0.2) is 0 Å². The quantitative estimate of drug-likeness (QED) is 0.105. The number of aromatic hydroxyl groups is 4. The monoisotopic (exact) mass is 628 g/mol. The van der Waals surface area contributed by atoms with Crippen molar-refractivity contribution in [2.24, 2.45) is 0 Å². The van der Waals surface area contributed by atoms with E-state index in [0.29, 0.717) is 50.2 Å². The highest BCUT2D eigenvalue weighted by atomic mass is 79.9. The average molecular weight is 632 g/mol. The Morgan fingerprint density at radius 3 is 0.821 bits per heavy atom. The standard InChI is InChI=1S/C20H8Br4O4/c21-7-1-5-2-8(22)18(26)14-11(5)13(17(7)25)15-12-6(3-9(23)19(15)27)4-10(24)20(28)16(12)14/h1-4,25-28H. The molecule has 0 heterocycles. The maximum absolute atomic E-state index is 10.9. The van der Waals surface area contributed by atoms with Gasteiger partial charge in [0.1, 0.15) is 23.0 Å². The Labute approximate surface area is 191 Å². The lowest BCUT2D eigenvalue weighted by Crippen LogP contribution is -1.92. The zero-order chi connectivity index (χ0) is 20.1. The molecule has 0 atom stereocenters. The van der Waals surface area contributed by atoms with Gasteiger partial charge in [-0.1, -0.05) is 0 Å². The first-order valence-electron chi connectivity index (χ1n) is 7.96. The van der Waals surface area contributed by atoms with Gasteiger partial charge in [0.2, 0.25) is 0 Å². The van der Waals surface area contributed by atoms with E-state index in [4.69, 9.17) is 0 Å². The fourth-order valence-corrected chi connectivity index (χ4v) is 5.72. The van der Waals surface area contributed by atoms with Crippen molar-refractivity contribution in [3.8, 4) is 23.0 Å². The van der Waals surface area contributed by atoms with E-state index >= 15 is 0 Å². The van der Waals surface area contributed by atoms with Crippen LogP contribution in [0.25, 0.3) is 43.1 Å². The van der Waals surface area contributed by atoms with Crippen molar-refractivity contribution in [1.82, 2.24) is 0 Å². The van der Waals surface area contributed by atoms with Crippen molar-refractivity contribution in [2.75, 3.05) is 0 Å². The minimum absolute atomic E-state index is 0.0572. The van der Waals surface area contributed by atoms with Gasteiger partial charge in [-0.3, -0.25) is 0 Å². The number of benzene rings is 5. The number of fused-ring (bicyclic) bond motifs is 2. The van der Waals surface area contributed by atoms with E-state index in [1.54, 1.807) is 24.3 Å². The number of phenols is 4. The van der Waals surface area contributed by atoms with Crippen LogP contribution >= 0.6 is 63.7 Å². The molecule has 0 unspecified atom stereocenters. The van der Waals surface area contributed by atoms with Gasteiger partial charge in [0.25, 0.3) is 0 Å². The minimum atomic E-state index is -0.0572. The van der Waals surface area contributed by atoms with Crippen LogP contribution in [0, 0.1) is 0 Å². The van der Waals surface area contributed by atoms with E-state index in [9.17, 15) is 20.4 Å². The third-order valence-corrected chi connectivity index (χ3v) is 7.48. The van der Waals surface area contributed by atoms with E-state index in [1.165, 1.54) is 0 Å². The summed E-state index contributed by atoms with van der Waals surface area (Å²) in [6, 6.07) is 6.92. The van der Waals surface area contributed by atoms with Crippen LogP contribution in [-0.2, 0) is 0 Å². The molecule has 28 heavy (non-hydrogen) atoms. The highest BCUT2D eigenvalue weighted by Gasteiger charge is 2.26. The topological polar surface area (TPSA) is 80.9 Å². The predicted octanol–water partition coefficient (Wildman–Crippen LogP) is 7.61. The molecule has 0 aliphatic heterocycles. The van der Waals surface area contributed by atoms with Crippen LogP contribution in [0.15, 0.2) is 42.2 Å². The van der Waals surface area contributed by atoms with Crippen LogP contribution in [0.1, 0.15) is 0 Å². The van der Waals surface area contributed by atoms with Crippen molar-refractivity contribution in [1.29, 1.82) is 0 Å². The number of rotatable bonds is 0. The molecule has 0 radical (unpaired) electrons. The summed E-state index contributed by atoms with van der Waals surface area (Å²) in [6.07, 6.45) is 0. The van der Waals surface area contributed by atoms with Crippen LogP contribution in [0.5, 0.6) is 23.0 Å². The number of hydrogen-bond acceptors (Lipinski definition) is 4. The molecule has 0 saturated carbocycles. The first-order chi connectivity index (χ1) is 13.2. The Hall–Kier alpha value is -1.48. The van der Waals surface area contributed by atoms with Crippen molar-refractivity contribution in [2.45, 2.75) is 0 Å². The fraction of sp³-hybridized carbons (Fsp3) is 0. The van der Waals surface area contributed by atoms with Crippen LogP contribution in [0.3, 0.4) is 0 Å². The maximum Gasteiger partial charge on any atom is 0.138 e. The van der Waals surface area contributed by atoms with Crippen LogP contribution in [0.4, 0.5) is 0 Å². The Kier molecular flexibility index (Phi) is 3.98. The Morgan fingerprint density at radius 2 is 0.607 bits per heavy atom. The van der Waals surface area contributed by atoms with Gasteiger partial charge < -0.3 is 20.4 Å². The lowest BCUT2D eigenvalue weighted by molar-refractivity contribution is 0.472. The van der Waals surface area contributed by atoms with E-state index in [-0.39, 0.29) is 23.0 Å². The van der Waals surface area contributed by atoms with Crippen LogP contribution in [0.2, 0.25) is 0 Å². The smallest absolute Gasteiger partial charge is 0.138 e. The van der Waals surface area contributed by atoms with Crippen molar-refractivity contribution >= 4 is 107 Å². The summed E-state index contributed by atoms with van der Waals surface area (Å²) in [6.45, 7) is 0. The molecule has 140 valence electrons. The summed E-state index contributed by atoms with van der Waals surface area (Å²) >= 11 is 13.5. The summed E-state index contributed by atoms with van der Waals surface area (Å²) < 4.78 is 1.82. The summed E-state index contributed by atoms with van der Waals surface area (Å²) in [5.74, 6) is -0.229. The zero-order valence-corrected chi connectivity index (χ0v) is 20.0. The second kappa shape index (κ2) is 6.01. The molecular formula is C20H8Br4O4. The fourth-order valence-electron chi connectivity index (χ4n) is 3.94. The Bertz CT molecular complexity index is 1280. The van der Waals surface area contributed by atoms with E-state index in [2.05, 4.69) is 63.7 Å². The van der Waals surface area contributed by atoms with Gasteiger partial charge in [-0.2, -0.15) is 0 Å². The van der Waals surface area contributed by atoms with Gasteiger partial charge in [-0.25, -0.2) is 0 Å². The molecule has 8 heteroatoms. The highest BCUT2D eigenvalue weighted by Crippen LogP contribution is 2.56. The molecule has 0 bridgehead atoms. The molecule has 0 spiro atoms. The first-order valence-corrected chi connectivity index (χ1v) is 11.1. The maximum atomic E-state index is 10.9. The molecule has 5 rings (SSSR count). The first kappa shape index (κ1) is 18.5. The highest BCUT2D eigenvalue weighted by molar-refractivity contribution is 9.11. The van der Waals surface area contributed by atoms with Crippen molar-refractivity contribution in [3.05, 3.63) is 42.2 Å². The van der Waals surface area contributed by atoms with E-state index in [1.807, 2.05) is 0 Å². The SMILES string of the molecule is Oc1c(Br)cc2cc(Br)c(O)c3c4c(O)c(Br)cc5cc(Br)c(O)c(c1c23)c54. The lowest BCUT2D eigenvalue weighted by atomic mass is 9.88. The second-order valence-corrected chi connectivity index (χ2v) is 9.94. The van der Waals surface area contributed by atoms with Crippen molar-refractivity contribution in [3.63, 3.8) is 0 Å². The summed E-state index contributed by atoms with van der Waals surface area (Å²) in [4.78, 5) is 0. The number of phenolic OH excluding ortho intramolecular Hbond substituents is 4. The molecule has 0 fully saturated rings. The van der Waals surface area contributed by atoms with Gasteiger partial charge in [0.05, 0.1) is 17.9 Å². The molecule has 4 nitrogen and oxygen atoms in total. The third kappa shape index (κ3) is 2.20. The molecule has 0 aliphatic rings. The molecule has 4 N–H and O–H groups in total.